The van der Waals surface area contributed by atoms with E-state index in [9.17, 15) is 4.79 Å². The largest absolute Gasteiger partial charge is 0.461 e. The Hall–Kier alpha value is -0.690. The van der Waals surface area contributed by atoms with Gasteiger partial charge in [-0.3, -0.25) is 4.79 Å². The van der Waals surface area contributed by atoms with Gasteiger partial charge < -0.3 is 4.74 Å². The van der Waals surface area contributed by atoms with Crippen LogP contribution in [0.5, 0.6) is 0 Å². The van der Waals surface area contributed by atoms with Gasteiger partial charge in [-0.05, 0) is 36.4 Å². The Labute approximate surface area is 134 Å². The molecular weight excluding hydrogens is 282 g/mol. The number of carbonyl (C=O) groups is 1. The lowest BCUT2D eigenvalue weighted by molar-refractivity contribution is -0.148. The molecule has 0 radical (unpaired) electrons. The number of ether oxygens (including phenoxy) is 1. The van der Waals surface area contributed by atoms with E-state index >= 15 is 0 Å². The molecule has 0 fully saturated rings. The standard InChI is InChI=1S/C17H31NO2S/c1-5-8-9-15(7-3)10-11-16(14(4)6-2)20-17(19)12-21-13-18/h14-16H,5-12H2,1-4H3/t14-,15+,16-/m0/s1. The zero-order valence-corrected chi connectivity index (χ0v) is 14.9. The van der Waals surface area contributed by atoms with Crippen LogP contribution in [-0.2, 0) is 9.53 Å². The molecule has 0 rings (SSSR count). The van der Waals surface area contributed by atoms with Gasteiger partial charge in [-0.2, -0.15) is 5.26 Å². The Morgan fingerprint density at radius 1 is 1.19 bits per heavy atom. The molecule has 0 aliphatic rings. The van der Waals surface area contributed by atoms with Crippen LogP contribution in [0.3, 0.4) is 0 Å². The molecular formula is C17H31NO2S. The van der Waals surface area contributed by atoms with Crippen molar-refractivity contribution >= 4 is 17.7 Å². The highest BCUT2D eigenvalue weighted by molar-refractivity contribution is 8.04. The van der Waals surface area contributed by atoms with Crippen LogP contribution in [-0.4, -0.2) is 17.8 Å². The molecule has 0 unspecified atom stereocenters. The summed E-state index contributed by atoms with van der Waals surface area (Å²) < 4.78 is 5.59. The summed E-state index contributed by atoms with van der Waals surface area (Å²) >= 11 is 0.949. The minimum atomic E-state index is -0.256. The van der Waals surface area contributed by atoms with Crippen LogP contribution >= 0.6 is 11.8 Å². The fourth-order valence-corrected chi connectivity index (χ4v) is 2.71. The van der Waals surface area contributed by atoms with Gasteiger partial charge >= 0.3 is 5.97 Å². The first-order valence-electron chi connectivity index (χ1n) is 8.29. The van der Waals surface area contributed by atoms with E-state index in [0.717, 1.165) is 36.9 Å². The molecule has 0 amide bonds. The monoisotopic (exact) mass is 313 g/mol. The second kappa shape index (κ2) is 13.0. The smallest absolute Gasteiger partial charge is 0.317 e. The van der Waals surface area contributed by atoms with Gasteiger partial charge in [0.05, 0.1) is 0 Å². The lowest BCUT2D eigenvalue weighted by Gasteiger charge is -2.25. The van der Waals surface area contributed by atoms with Crippen molar-refractivity contribution in [3.05, 3.63) is 0 Å². The quantitative estimate of drug-likeness (QED) is 0.369. The number of hydrogen-bond donors (Lipinski definition) is 0. The highest BCUT2D eigenvalue weighted by Gasteiger charge is 2.21. The summed E-state index contributed by atoms with van der Waals surface area (Å²) in [6.07, 6.45) is 8.08. The molecule has 0 aromatic rings. The summed E-state index contributed by atoms with van der Waals surface area (Å²) in [5, 5.41) is 10.4. The van der Waals surface area contributed by atoms with Crippen LogP contribution in [0.1, 0.15) is 72.6 Å². The van der Waals surface area contributed by atoms with E-state index in [-0.39, 0.29) is 17.8 Å². The number of thiocyanates is 1. The zero-order chi connectivity index (χ0) is 16.1. The van der Waals surface area contributed by atoms with E-state index in [1.807, 2.05) is 5.40 Å². The molecule has 0 saturated heterocycles. The van der Waals surface area contributed by atoms with E-state index in [1.54, 1.807) is 0 Å². The van der Waals surface area contributed by atoms with Crippen molar-refractivity contribution in [3.63, 3.8) is 0 Å². The molecule has 0 aliphatic carbocycles. The summed E-state index contributed by atoms with van der Waals surface area (Å²) in [6, 6.07) is 0. The molecule has 4 heteroatoms. The first-order valence-corrected chi connectivity index (χ1v) is 9.27. The van der Waals surface area contributed by atoms with E-state index in [1.165, 1.54) is 25.7 Å². The maximum atomic E-state index is 11.7. The number of rotatable bonds is 12. The van der Waals surface area contributed by atoms with Gasteiger partial charge in [-0.1, -0.05) is 59.8 Å². The fourth-order valence-electron chi connectivity index (χ4n) is 2.46. The van der Waals surface area contributed by atoms with E-state index in [4.69, 9.17) is 10.00 Å². The molecule has 0 aliphatic heterocycles. The maximum absolute atomic E-state index is 11.7. The number of thioether (sulfide) groups is 1. The van der Waals surface area contributed by atoms with Gasteiger partial charge in [0.1, 0.15) is 17.3 Å². The third-order valence-corrected chi connectivity index (χ3v) is 4.73. The molecule has 0 spiro atoms. The molecule has 21 heavy (non-hydrogen) atoms. The fraction of sp³-hybridized carbons (Fsp3) is 0.882. The third kappa shape index (κ3) is 9.79. The van der Waals surface area contributed by atoms with Gasteiger partial charge in [-0.25, -0.2) is 0 Å². The zero-order valence-electron chi connectivity index (χ0n) is 14.1. The van der Waals surface area contributed by atoms with Crippen LogP contribution < -0.4 is 0 Å². The normalized spacial score (nSPS) is 15.0. The number of carbonyl (C=O) groups excluding carboxylic acids is 1. The van der Waals surface area contributed by atoms with Gasteiger partial charge in [0, 0.05) is 0 Å². The molecule has 3 atom stereocenters. The average molecular weight is 314 g/mol. The van der Waals surface area contributed by atoms with Crippen molar-refractivity contribution in [2.45, 2.75) is 78.7 Å². The minimum Gasteiger partial charge on any atom is -0.461 e. The van der Waals surface area contributed by atoms with Crippen molar-refractivity contribution in [3.8, 4) is 5.40 Å². The molecule has 122 valence electrons. The van der Waals surface area contributed by atoms with Crippen molar-refractivity contribution in [1.29, 1.82) is 5.26 Å². The number of nitriles is 1. The summed E-state index contributed by atoms with van der Waals surface area (Å²) in [4.78, 5) is 11.7. The molecule has 0 aromatic heterocycles. The topological polar surface area (TPSA) is 50.1 Å². The second-order valence-electron chi connectivity index (χ2n) is 5.79. The van der Waals surface area contributed by atoms with Gasteiger partial charge in [0.15, 0.2) is 0 Å². The minimum absolute atomic E-state index is 0.00234. The van der Waals surface area contributed by atoms with Gasteiger partial charge in [-0.15, -0.1) is 0 Å². The Bertz CT molecular complexity index is 314. The predicted molar refractivity (Wildman–Crippen MR) is 89.9 cm³/mol. The molecule has 0 N–H and O–H groups in total. The third-order valence-electron chi connectivity index (χ3n) is 4.22. The molecule has 0 aromatic carbocycles. The lowest BCUT2D eigenvalue weighted by Crippen LogP contribution is -2.26. The highest BCUT2D eigenvalue weighted by Crippen LogP contribution is 2.24. The van der Waals surface area contributed by atoms with Crippen molar-refractivity contribution in [1.82, 2.24) is 0 Å². The van der Waals surface area contributed by atoms with Crippen LogP contribution in [0.25, 0.3) is 0 Å². The number of hydrogen-bond acceptors (Lipinski definition) is 4. The van der Waals surface area contributed by atoms with Gasteiger partial charge in [0.25, 0.3) is 0 Å². The number of unbranched alkanes of at least 4 members (excludes halogenated alkanes) is 1. The summed E-state index contributed by atoms with van der Waals surface area (Å²) in [6.45, 7) is 8.74. The second-order valence-corrected chi connectivity index (χ2v) is 6.55. The van der Waals surface area contributed by atoms with Crippen molar-refractivity contribution in [2.75, 3.05) is 5.75 Å². The maximum Gasteiger partial charge on any atom is 0.317 e. The molecule has 0 saturated carbocycles. The highest BCUT2D eigenvalue weighted by atomic mass is 32.2. The molecule has 0 bridgehead atoms. The summed E-state index contributed by atoms with van der Waals surface area (Å²) in [5.74, 6) is 0.998. The first-order chi connectivity index (χ1) is 10.1. The molecule has 3 nitrogen and oxygen atoms in total. The predicted octanol–water partition coefficient (Wildman–Crippen LogP) is 5.16. The lowest BCUT2D eigenvalue weighted by atomic mass is 9.89. The first kappa shape index (κ1) is 20.3. The number of nitrogens with zero attached hydrogens (tertiary/aromatic N) is 1. The van der Waals surface area contributed by atoms with Crippen LogP contribution in [0.15, 0.2) is 0 Å². The van der Waals surface area contributed by atoms with Crippen LogP contribution in [0.4, 0.5) is 0 Å². The summed E-state index contributed by atoms with van der Waals surface area (Å²) in [7, 11) is 0. The van der Waals surface area contributed by atoms with Gasteiger partial charge in [0.2, 0.25) is 0 Å². The van der Waals surface area contributed by atoms with Crippen molar-refractivity contribution in [2.24, 2.45) is 11.8 Å². The Balaban J connectivity index is 4.35. The SMILES string of the molecule is CCCC[C@@H](CC)CC[C@H](OC(=O)CSC#N)[C@@H](C)CC. The van der Waals surface area contributed by atoms with Crippen LogP contribution in [0, 0.1) is 22.5 Å². The van der Waals surface area contributed by atoms with E-state index in [2.05, 4.69) is 27.7 Å². The number of esters is 1. The van der Waals surface area contributed by atoms with Crippen molar-refractivity contribution < 1.29 is 9.53 Å². The Kier molecular flexibility index (Phi) is 12.6. The van der Waals surface area contributed by atoms with E-state index in [0.29, 0.717) is 5.92 Å². The summed E-state index contributed by atoms with van der Waals surface area (Å²) in [5.41, 5.74) is 0. The molecule has 0 heterocycles. The van der Waals surface area contributed by atoms with E-state index < -0.39 is 0 Å². The average Bonchev–Trinajstić information content (AvgIpc) is 2.50. The Morgan fingerprint density at radius 2 is 1.90 bits per heavy atom. The Morgan fingerprint density at radius 3 is 2.43 bits per heavy atom. The van der Waals surface area contributed by atoms with Crippen LogP contribution in [0.2, 0.25) is 0 Å².